The minimum absolute atomic E-state index is 0.209. The quantitative estimate of drug-likeness (QED) is 0.786. The summed E-state index contributed by atoms with van der Waals surface area (Å²) in [5, 5.41) is 21.9. The highest BCUT2D eigenvalue weighted by atomic mass is 19.4. The fraction of sp³-hybridized carbons (Fsp3) is 0.0667. The van der Waals surface area contributed by atoms with Gasteiger partial charge in [0.1, 0.15) is 0 Å². The van der Waals surface area contributed by atoms with Crippen molar-refractivity contribution in [3.8, 4) is 0 Å². The van der Waals surface area contributed by atoms with Crippen LogP contribution in [0.25, 0.3) is 22.7 Å². The highest BCUT2D eigenvalue weighted by molar-refractivity contribution is 6.08. The minimum Gasteiger partial charge on any atom is -0.475 e. The van der Waals surface area contributed by atoms with Crippen LogP contribution in [0, 0.1) is 0 Å². The number of aromatic nitrogens is 1. The molecule has 0 bridgehead atoms. The number of fused-ring (bicyclic) bond motifs is 3. The van der Waals surface area contributed by atoms with E-state index in [1.807, 2.05) is 18.2 Å². The van der Waals surface area contributed by atoms with Crippen molar-refractivity contribution in [1.29, 1.82) is 0 Å². The van der Waals surface area contributed by atoms with Crippen LogP contribution in [0.2, 0.25) is 0 Å². The molecule has 0 radical (unpaired) electrons. The van der Waals surface area contributed by atoms with E-state index in [4.69, 9.17) is 14.7 Å². The Bertz CT molecular complexity index is 983. The van der Waals surface area contributed by atoms with E-state index in [9.17, 15) is 23.1 Å². The molecule has 10 heteroatoms. The van der Waals surface area contributed by atoms with Gasteiger partial charge in [0, 0.05) is 11.6 Å². The highest BCUT2D eigenvalue weighted by Crippen LogP contribution is 2.13. The predicted octanol–water partition coefficient (Wildman–Crippen LogP) is 0.857. The minimum atomic E-state index is -5.08. The van der Waals surface area contributed by atoms with E-state index in [0.29, 0.717) is 10.7 Å². The Kier molecular flexibility index (Phi) is 5.01. The molecule has 0 aliphatic carbocycles. The number of rotatable bonds is 1. The molecule has 0 amide bonds. The van der Waals surface area contributed by atoms with Gasteiger partial charge in [0.2, 0.25) is 0 Å². The average Bonchev–Trinajstić information content (AvgIpc) is 2.77. The first-order valence-corrected chi connectivity index (χ1v) is 6.54. The lowest BCUT2D eigenvalue weighted by Gasteiger charge is -2.01. The number of pyridine rings is 1. The van der Waals surface area contributed by atoms with Gasteiger partial charge < -0.3 is 15.1 Å². The SMILES string of the molecule is O=C(O)C(F)(F)F.O=C(O)C1=c2c(ccc3cccnc23)=CC=NO1. The summed E-state index contributed by atoms with van der Waals surface area (Å²) in [5.41, 5.74) is 0.592. The van der Waals surface area contributed by atoms with Crippen LogP contribution in [0.4, 0.5) is 13.2 Å². The number of benzene rings is 1. The number of carboxylic acids is 2. The highest BCUT2D eigenvalue weighted by Gasteiger charge is 2.38. The van der Waals surface area contributed by atoms with Crippen LogP contribution in [0.5, 0.6) is 0 Å². The van der Waals surface area contributed by atoms with Crippen molar-refractivity contribution >= 4 is 40.9 Å². The van der Waals surface area contributed by atoms with E-state index in [0.717, 1.165) is 10.6 Å². The lowest BCUT2D eigenvalue weighted by atomic mass is 10.1. The fourth-order valence-corrected chi connectivity index (χ4v) is 1.92. The van der Waals surface area contributed by atoms with Crippen molar-refractivity contribution < 1.29 is 37.8 Å². The summed E-state index contributed by atoms with van der Waals surface area (Å²) in [6.07, 6.45) is -0.350. The van der Waals surface area contributed by atoms with Crippen molar-refractivity contribution in [1.82, 2.24) is 4.98 Å². The number of hydrogen-bond acceptors (Lipinski definition) is 5. The van der Waals surface area contributed by atoms with E-state index < -0.39 is 18.1 Å². The van der Waals surface area contributed by atoms with Gasteiger partial charge in [-0.05, 0) is 17.4 Å². The molecule has 1 aliphatic heterocycles. The molecule has 1 aromatic heterocycles. The maximum atomic E-state index is 11.2. The zero-order valence-corrected chi connectivity index (χ0v) is 12.2. The number of carboxylic acid groups (broad SMARTS) is 2. The van der Waals surface area contributed by atoms with Crippen molar-refractivity contribution in [2.75, 3.05) is 0 Å². The molecule has 130 valence electrons. The molecule has 1 aliphatic rings. The molecule has 25 heavy (non-hydrogen) atoms. The Morgan fingerprint density at radius 3 is 2.40 bits per heavy atom. The van der Waals surface area contributed by atoms with E-state index in [1.165, 1.54) is 6.21 Å². The van der Waals surface area contributed by atoms with E-state index in [2.05, 4.69) is 10.1 Å². The number of nitrogens with zero attached hydrogens (tertiary/aromatic N) is 2. The summed E-state index contributed by atoms with van der Waals surface area (Å²) in [7, 11) is 0. The van der Waals surface area contributed by atoms with Gasteiger partial charge in [-0.3, -0.25) is 4.98 Å². The Morgan fingerprint density at radius 2 is 1.80 bits per heavy atom. The molecule has 2 aromatic rings. The molecule has 0 saturated heterocycles. The third-order valence-corrected chi connectivity index (χ3v) is 2.93. The first kappa shape index (κ1) is 17.9. The molecule has 0 fully saturated rings. The summed E-state index contributed by atoms with van der Waals surface area (Å²) in [5.74, 6) is -4.13. The molecule has 0 unspecified atom stereocenters. The second-order valence-electron chi connectivity index (χ2n) is 4.55. The van der Waals surface area contributed by atoms with Crippen LogP contribution in [0.15, 0.2) is 35.6 Å². The number of alkyl halides is 3. The molecule has 0 atom stereocenters. The summed E-state index contributed by atoms with van der Waals surface area (Å²) >= 11 is 0. The third kappa shape index (κ3) is 4.10. The van der Waals surface area contributed by atoms with Gasteiger partial charge in [0.05, 0.1) is 16.9 Å². The summed E-state index contributed by atoms with van der Waals surface area (Å²) in [6, 6.07) is 7.38. The van der Waals surface area contributed by atoms with Gasteiger partial charge in [-0.2, -0.15) is 13.2 Å². The number of aliphatic carboxylic acids is 2. The van der Waals surface area contributed by atoms with Crippen LogP contribution >= 0.6 is 0 Å². The molecule has 1 aromatic carbocycles. The topological polar surface area (TPSA) is 109 Å². The summed E-state index contributed by atoms with van der Waals surface area (Å²) in [4.78, 5) is 29.3. The molecule has 0 spiro atoms. The molecule has 2 N–H and O–H groups in total. The maximum Gasteiger partial charge on any atom is 0.490 e. The van der Waals surface area contributed by atoms with Crippen molar-refractivity contribution in [2.45, 2.75) is 6.18 Å². The second kappa shape index (κ2) is 6.99. The third-order valence-electron chi connectivity index (χ3n) is 2.93. The van der Waals surface area contributed by atoms with Gasteiger partial charge >= 0.3 is 18.1 Å². The van der Waals surface area contributed by atoms with E-state index >= 15 is 0 Å². The zero-order chi connectivity index (χ0) is 18.6. The van der Waals surface area contributed by atoms with Crippen molar-refractivity contribution in [2.24, 2.45) is 5.16 Å². The number of hydrogen-bond donors (Lipinski definition) is 2. The second-order valence-corrected chi connectivity index (χ2v) is 4.55. The van der Waals surface area contributed by atoms with Crippen molar-refractivity contribution in [3.05, 3.63) is 40.9 Å². The lowest BCUT2D eigenvalue weighted by Crippen LogP contribution is -2.30. The molecule has 3 rings (SSSR count). The normalized spacial score (nSPS) is 12.8. The maximum absolute atomic E-state index is 11.2. The largest absolute Gasteiger partial charge is 0.490 e. The molecule has 2 heterocycles. The van der Waals surface area contributed by atoms with Crippen LogP contribution in [-0.2, 0) is 14.4 Å². The molecule has 7 nitrogen and oxygen atoms in total. The Balaban J connectivity index is 0.000000277. The first-order valence-electron chi connectivity index (χ1n) is 6.54. The van der Waals surface area contributed by atoms with E-state index in [1.54, 1.807) is 18.3 Å². The smallest absolute Gasteiger partial charge is 0.475 e. The first-order chi connectivity index (χ1) is 11.7. The Morgan fingerprint density at radius 1 is 1.12 bits per heavy atom. The number of oxime groups is 1. The van der Waals surface area contributed by atoms with Gasteiger partial charge in [0.15, 0.2) is 0 Å². The predicted molar refractivity (Wildman–Crippen MR) is 79.8 cm³/mol. The monoisotopic (exact) mass is 354 g/mol. The molecular formula is C15H9F3N2O5. The van der Waals surface area contributed by atoms with Gasteiger partial charge in [-0.1, -0.05) is 23.4 Å². The van der Waals surface area contributed by atoms with Gasteiger partial charge in [-0.25, -0.2) is 9.59 Å². The zero-order valence-electron chi connectivity index (χ0n) is 12.2. The lowest BCUT2D eigenvalue weighted by molar-refractivity contribution is -0.192. The Hall–Kier alpha value is -3.43. The van der Waals surface area contributed by atoms with E-state index in [-0.39, 0.29) is 5.76 Å². The summed E-state index contributed by atoms with van der Waals surface area (Å²) in [6.45, 7) is 0. The van der Waals surface area contributed by atoms with Crippen LogP contribution < -0.4 is 10.4 Å². The standard InChI is InChI=1S/C13H8N2O3.C2HF3O2/c16-13(17)12-10-8(5-7-15-18-12)3-4-9-2-1-6-14-11(9)10;3-2(4,5)1(6)7/h1-7H,(H,16,17);(H,6,7). The number of carbonyl (C=O) groups is 2. The number of halogens is 3. The Labute approximate surface area is 137 Å². The average molecular weight is 354 g/mol. The van der Waals surface area contributed by atoms with Gasteiger partial charge in [-0.15, -0.1) is 0 Å². The van der Waals surface area contributed by atoms with Crippen LogP contribution in [0.3, 0.4) is 0 Å². The van der Waals surface area contributed by atoms with Crippen LogP contribution in [-0.4, -0.2) is 39.5 Å². The fourth-order valence-electron chi connectivity index (χ4n) is 1.92. The molecule has 0 saturated carbocycles. The van der Waals surface area contributed by atoms with Crippen LogP contribution in [0.1, 0.15) is 0 Å². The van der Waals surface area contributed by atoms with Crippen molar-refractivity contribution in [3.63, 3.8) is 0 Å². The summed E-state index contributed by atoms with van der Waals surface area (Å²) < 4.78 is 31.7. The van der Waals surface area contributed by atoms with Gasteiger partial charge in [0.25, 0.3) is 5.76 Å². The molecular weight excluding hydrogens is 345 g/mol.